The Labute approximate surface area is 165 Å². The van der Waals surface area contributed by atoms with Gasteiger partial charge in [0, 0.05) is 37.2 Å². The van der Waals surface area contributed by atoms with E-state index in [9.17, 15) is 9.59 Å². The second-order valence-corrected chi connectivity index (χ2v) is 7.51. The number of amides is 3. The maximum Gasteiger partial charge on any atom is 0.322 e. The highest BCUT2D eigenvalue weighted by molar-refractivity contribution is 5.99. The molecule has 0 aromatic heterocycles. The lowest BCUT2D eigenvalue weighted by molar-refractivity contribution is -0.119. The zero-order valence-corrected chi connectivity index (χ0v) is 16.1. The standard InChI is InChI=1S/C22H26N4O2/c1-25-13-5-7-16-15-18(11-12-19(16)25)24-22(28)26-14-6-10-20(26)21(27)23-17-8-3-2-4-9-17/h2-4,8-9,11-12,15,20H,5-7,10,13-14H2,1H3,(H,23,27)(H,24,28)/t20-/m0/s1. The number of fused-ring (bicyclic) bond motifs is 1. The van der Waals surface area contributed by atoms with Crippen LogP contribution in [-0.4, -0.2) is 43.0 Å². The fraction of sp³-hybridized carbons (Fsp3) is 0.364. The minimum Gasteiger partial charge on any atom is -0.374 e. The Hall–Kier alpha value is -3.02. The summed E-state index contributed by atoms with van der Waals surface area (Å²) in [5.74, 6) is -0.133. The van der Waals surface area contributed by atoms with Crippen LogP contribution in [0.4, 0.5) is 21.9 Å². The van der Waals surface area contributed by atoms with Crippen molar-refractivity contribution in [3.8, 4) is 0 Å². The van der Waals surface area contributed by atoms with Crippen LogP contribution >= 0.6 is 0 Å². The largest absolute Gasteiger partial charge is 0.374 e. The first-order valence-corrected chi connectivity index (χ1v) is 9.89. The molecule has 6 heteroatoms. The number of hydrogen-bond donors (Lipinski definition) is 2. The first-order chi connectivity index (χ1) is 13.6. The molecule has 2 aromatic carbocycles. The number of rotatable bonds is 3. The molecule has 0 radical (unpaired) electrons. The lowest BCUT2D eigenvalue weighted by Gasteiger charge is -2.28. The van der Waals surface area contributed by atoms with Crippen molar-refractivity contribution >= 4 is 29.0 Å². The molecule has 0 bridgehead atoms. The van der Waals surface area contributed by atoms with Crippen molar-refractivity contribution in [2.75, 3.05) is 35.7 Å². The molecule has 2 aliphatic heterocycles. The quantitative estimate of drug-likeness (QED) is 0.856. The van der Waals surface area contributed by atoms with Gasteiger partial charge in [0.2, 0.25) is 5.91 Å². The van der Waals surface area contributed by atoms with Gasteiger partial charge in [-0.3, -0.25) is 4.79 Å². The number of hydrogen-bond acceptors (Lipinski definition) is 3. The number of nitrogens with zero attached hydrogens (tertiary/aromatic N) is 2. The molecule has 1 atom stereocenters. The van der Waals surface area contributed by atoms with E-state index in [0.717, 1.165) is 37.2 Å². The summed E-state index contributed by atoms with van der Waals surface area (Å²) in [6.45, 7) is 1.65. The molecule has 28 heavy (non-hydrogen) atoms. The fourth-order valence-electron chi connectivity index (χ4n) is 4.09. The van der Waals surface area contributed by atoms with Gasteiger partial charge in [-0.15, -0.1) is 0 Å². The molecule has 0 aliphatic carbocycles. The number of carbonyl (C=O) groups excluding carboxylic acids is 2. The van der Waals surface area contributed by atoms with Crippen molar-refractivity contribution in [1.29, 1.82) is 0 Å². The van der Waals surface area contributed by atoms with E-state index in [4.69, 9.17) is 0 Å². The molecular formula is C22H26N4O2. The fourth-order valence-corrected chi connectivity index (χ4v) is 4.09. The zero-order valence-electron chi connectivity index (χ0n) is 16.1. The van der Waals surface area contributed by atoms with E-state index < -0.39 is 6.04 Å². The molecule has 0 saturated carbocycles. The SMILES string of the molecule is CN1CCCc2cc(NC(=O)N3CCC[C@H]3C(=O)Nc3ccccc3)ccc21. The summed E-state index contributed by atoms with van der Waals surface area (Å²) in [5, 5.41) is 5.90. The van der Waals surface area contributed by atoms with E-state index in [2.05, 4.69) is 34.7 Å². The van der Waals surface area contributed by atoms with Gasteiger partial charge in [-0.2, -0.15) is 0 Å². The predicted molar refractivity (Wildman–Crippen MR) is 112 cm³/mol. The van der Waals surface area contributed by atoms with Crippen LogP contribution in [0.25, 0.3) is 0 Å². The summed E-state index contributed by atoms with van der Waals surface area (Å²) in [6.07, 6.45) is 3.65. The Bertz CT molecular complexity index is 868. The number of carbonyl (C=O) groups is 2. The lowest BCUT2D eigenvalue weighted by Crippen LogP contribution is -2.45. The van der Waals surface area contributed by atoms with Crippen LogP contribution in [0.3, 0.4) is 0 Å². The Morgan fingerprint density at radius 2 is 1.79 bits per heavy atom. The monoisotopic (exact) mass is 378 g/mol. The van der Waals surface area contributed by atoms with E-state index in [-0.39, 0.29) is 11.9 Å². The van der Waals surface area contributed by atoms with E-state index in [1.54, 1.807) is 4.90 Å². The maximum absolute atomic E-state index is 12.8. The average Bonchev–Trinajstić information content (AvgIpc) is 3.19. The molecule has 146 valence electrons. The normalized spacial score (nSPS) is 18.5. The molecule has 2 aliphatic rings. The number of nitrogens with one attached hydrogen (secondary N) is 2. The van der Waals surface area contributed by atoms with Gasteiger partial charge >= 0.3 is 6.03 Å². The average molecular weight is 378 g/mol. The summed E-state index contributed by atoms with van der Waals surface area (Å²) in [7, 11) is 2.09. The van der Waals surface area contributed by atoms with E-state index >= 15 is 0 Å². The molecule has 2 aromatic rings. The van der Waals surface area contributed by atoms with Crippen molar-refractivity contribution in [2.45, 2.75) is 31.7 Å². The third-order valence-corrected chi connectivity index (χ3v) is 5.54. The molecular weight excluding hydrogens is 352 g/mol. The molecule has 1 fully saturated rings. The van der Waals surface area contributed by atoms with Crippen molar-refractivity contribution in [2.24, 2.45) is 0 Å². The Kier molecular flexibility index (Phi) is 5.19. The third-order valence-electron chi connectivity index (χ3n) is 5.54. The van der Waals surface area contributed by atoms with Crippen LogP contribution < -0.4 is 15.5 Å². The molecule has 0 unspecified atom stereocenters. The molecule has 6 nitrogen and oxygen atoms in total. The van der Waals surface area contributed by atoms with Crippen LogP contribution in [0.15, 0.2) is 48.5 Å². The van der Waals surface area contributed by atoms with Crippen molar-refractivity contribution in [3.63, 3.8) is 0 Å². The van der Waals surface area contributed by atoms with E-state index in [0.29, 0.717) is 13.0 Å². The number of likely N-dealkylation sites (tertiary alicyclic amines) is 1. The third kappa shape index (κ3) is 3.81. The Morgan fingerprint density at radius 1 is 0.964 bits per heavy atom. The Balaban J connectivity index is 1.43. The molecule has 3 amide bonds. The van der Waals surface area contributed by atoms with E-state index in [1.807, 2.05) is 36.4 Å². The first-order valence-electron chi connectivity index (χ1n) is 9.89. The van der Waals surface area contributed by atoms with Gasteiger partial charge in [0.25, 0.3) is 0 Å². The molecule has 4 rings (SSSR count). The first kappa shape index (κ1) is 18.3. The lowest BCUT2D eigenvalue weighted by atomic mass is 10.0. The minimum absolute atomic E-state index is 0.133. The van der Waals surface area contributed by atoms with Crippen LogP contribution in [0, 0.1) is 0 Å². The summed E-state index contributed by atoms with van der Waals surface area (Å²) < 4.78 is 0. The summed E-state index contributed by atoms with van der Waals surface area (Å²) >= 11 is 0. The van der Waals surface area contributed by atoms with Gasteiger partial charge in [0.05, 0.1) is 0 Å². The smallest absolute Gasteiger partial charge is 0.322 e. The van der Waals surface area contributed by atoms with Crippen molar-refractivity contribution < 1.29 is 9.59 Å². The second kappa shape index (κ2) is 7.92. The highest BCUT2D eigenvalue weighted by Crippen LogP contribution is 2.29. The minimum atomic E-state index is -0.441. The van der Waals surface area contributed by atoms with Crippen LogP contribution in [0.2, 0.25) is 0 Å². The maximum atomic E-state index is 12.8. The second-order valence-electron chi connectivity index (χ2n) is 7.51. The van der Waals surface area contributed by atoms with Gasteiger partial charge in [0.15, 0.2) is 0 Å². The highest BCUT2D eigenvalue weighted by atomic mass is 16.2. The molecule has 2 heterocycles. The van der Waals surface area contributed by atoms with Gasteiger partial charge in [-0.05, 0) is 61.6 Å². The summed E-state index contributed by atoms with van der Waals surface area (Å²) in [4.78, 5) is 29.4. The van der Waals surface area contributed by atoms with Crippen molar-refractivity contribution in [3.05, 3.63) is 54.1 Å². The van der Waals surface area contributed by atoms with Gasteiger partial charge < -0.3 is 20.4 Å². The number of benzene rings is 2. The summed E-state index contributed by atoms with van der Waals surface area (Å²) in [5.41, 5.74) is 4.02. The molecule has 1 saturated heterocycles. The number of aryl methyl sites for hydroxylation is 1. The van der Waals surface area contributed by atoms with Crippen LogP contribution in [-0.2, 0) is 11.2 Å². The van der Waals surface area contributed by atoms with Crippen molar-refractivity contribution in [1.82, 2.24) is 4.90 Å². The number of anilines is 3. The predicted octanol–water partition coefficient (Wildman–Crippen LogP) is 3.70. The topological polar surface area (TPSA) is 64.7 Å². The Morgan fingerprint density at radius 3 is 2.61 bits per heavy atom. The molecule has 2 N–H and O–H groups in total. The van der Waals surface area contributed by atoms with E-state index in [1.165, 1.54) is 11.3 Å². The van der Waals surface area contributed by atoms with Crippen LogP contribution in [0.1, 0.15) is 24.8 Å². The number of para-hydroxylation sites is 1. The van der Waals surface area contributed by atoms with Gasteiger partial charge in [0.1, 0.15) is 6.04 Å². The van der Waals surface area contributed by atoms with Gasteiger partial charge in [-0.25, -0.2) is 4.79 Å². The zero-order chi connectivity index (χ0) is 19.5. The highest BCUT2D eigenvalue weighted by Gasteiger charge is 2.34. The number of urea groups is 1. The molecule has 0 spiro atoms. The van der Waals surface area contributed by atoms with Crippen LogP contribution in [0.5, 0.6) is 0 Å². The summed E-state index contributed by atoms with van der Waals surface area (Å²) in [6, 6.07) is 14.8. The van der Waals surface area contributed by atoms with Gasteiger partial charge in [-0.1, -0.05) is 18.2 Å².